The first kappa shape index (κ1) is 16.1. The van der Waals surface area contributed by atoms with E-state index in [-0.39, 0.29) is 0 Å². The molecular formula is C19H22O3. The predicted octanol–water partition coefficient (Wildman–Crippen LogP) is 3.98. The third-order valence-electron chi connectivity index (χ3n) is 4.06. The van der Waals surface area contributed by atoms with E-state index in [1.807, 2.05) is 49.4 Å². The highest BCUT2D eigenvalue weighted by atomic mass is 16.5. The molecule has 2 rings (SSSR count). The zero-order valence-corrected chi connectivity index (χ0v) is 13.3. The third-order valence-corrected chi connectivity index (χ3v) is 4.06. The molecule has 0 bridgehead atoms. The van der Waals surface area contributed by atoms with Crippen molar-refractivity contribution in [2.45, 2.75) is 32.6 Å². The van der Waals surface area contributed by atoms with Crippen LogP contribution in [0.4, 0.5) is 0 Å². The molecule has 0 fully saturated rings. The molecule has 0 spiro atoms. The standard InChI is InChI=1S/C19H22O3/c1-4-14-9-10-18(22-3)16(11-14)17(19(20)21)12-15-8-6-5-7-13(15)2/h5-11,17H,4,12H2,1-3H3,(H,20,21). The molecule has 22 heavy (non-hydrogen) atoms. The highest BCUT2D eigenvalue weighted by molar-refractivity contribution is 5.78. The lowest BCUT2D eigenvalue weighted by Crippen LogP contribution is -2.16. The van der Waals surface area contributed by atoms with Crippen molar-refractivity contribution in [3.63, 3.8) is 0 Å². The number of hydrogen-bond acceptors (Lipinski definition) is 2. The van der Waals surface area contributed by atoms with Crippen LogP contribution in [-0.4, -0.2) is 18.2 Å². The number of aryl methyl sites for hydroxylation is 2. The van der Waals surface area contributed by atoms with E-state index in [1.54, 1.807) is 7.11 Å². The van der Waals surface area contributed by atoms with Gasteiger partial charge in [-0.15, -0.1) is 0 Å². The van der Waals surface area contributed by atoms with Crippen molar-refractivity contribution in [2.75, 3.05) is 7.11 Å². The minimum Gasteiger partial charge on any atom is -0.496 e. The highest BCUT2D eigenvalue weighted by Gasteiger charge is 2.24. The van der Waals surface area contributed by atoms with E-state index in [4.69, 9.17) is 4.74 Å². The van der Waals surface area contributed by atoms with E-state index in [2.05, 4.69) is 6.92 Å². The number of benzene rings is 2. The summed E-state index contributed by atoms with van der Waals surface area (Å²) in [6.07, 6.45) is 1.33. The average Bonchev–Trinajstić information content (AvgIpc) is 2.53. The van der Waals surface area contributed by atoms with E-state index in [0.29, 0.717) is 12.2 Å². The molecule has 0 amide bonds. The van der Waals surface area contributed by atoms with Crippen LogP contribution in [0.5, 0.6) is 5.75 Å². The van der Waals surface area contributed by atoms with Crippen molar-refractivity contribution in [3.05, 3.63) is 64.7 Å². The summed E-state index contributed by atoms with van der Waals surface area (Å²) in [4.78, 5) is 11.8. The zero-order chi connectivity index (χ0) is 16.1. The quantitative estimate of drug-likeness (QED) is 0.877. The van der Waals surface area contributed by atoms with Gasteiger partial charge in [-0.2, -0.15) is 0 Å². The Morgan fingerprint density at radius 3 is 2.55 bits per heavy atom. The van der Waals surface area contributed by atoms with Gasteiger partial charge >= 0.3 is 5.97 Å². The molecule has 3 heteroatoms. The molecule has 0 aliphatic rings. The molecule has 116 valence electrons. The topological polar surface area (TPSA) is 46.5 Å². The first-order valence-corrected chi connectivity index (χ1v) is 7.51. The Labute approximate surface area is 131 Å². The molecule has 0 aliphatic heterocycles. The predicted molar refractivity (Wildman–Crippen MR) is 87.6 cm³/mol. The summed E-state index contributed by atoms with van der Waals surface area (Å²) in [6.45, 7) is 4.07. The molecule has 1 N–H and O–H groups in total. The van der Waals surface area contributed by atoms with Gasteiger partial charge in [0.25, 0.3) is 0 Å². The van der Waals surface area contributed by atoms with E-state index in [0.717, 1.165) is 28.7 Å². The lowest BCUT2D eigenvalue weighted by atomic mass is 9.88. The molecule has 0 aliphatic carbocycles. The molecule has 1 unspecified atom stereocenters. The van der Waals surface area contributed by atoms with E-state index >= 15 is 0 Å². The number of methoxy groups -OCH3 is 1. The van der Waals surface area contributed by atoms with Crippen molar-refractivity contribution < 1.29 is 14.6 Å². The lowest BCUT2D eigenvalue weighted by molar-refractivity contribution is -0.138. The fraction of sp³-hybridized carbons (Fsp3) is 0.316. The maximum absolute atomic E-state index is 11.8. The number of carbonyl (C=O) groups is 1. The Kier molecular flexibility index (Phi) is 5.21. The molecule has 0 saturated carbocycles. The summed E-state index contributed by atoms with van der Waals surface area (Å²) < 4.78 is 5.38. The van der Waals surface area contributed by atoms with Gasteiger partial charge in [-0.1, -0.05) is 43.3 Å². The van der Waals surface area contributed by atoms with Crippen molar-refractivity contribution in [1.82, 2.24) is 0 Å². The second kappa shape index (κ2) is 7.12. The Hall–Kier alpha value is -2.29. The number of ether oxygens (including phenoxy) is 1. The van der Waals surface area contributed by atoms with Gasteiger partial charge in [0.1, 0.15) is 5.75 Å². The number of rotatable bonds is 6. The molecule has 0 heterocycles. The van der Waals surface area contributed by atoms with Gasteiger partial charge in [-0.25, -0.2) is 0 Å². The van der Waals surface area contributed by atoms with Crippen LogP contribution >= 0.6 is 0 Å². The summed E-state index contributed by atoms with van der Waals surface area (Å²) in [5.74, 6) is -0.796. The van der Waals surface area contributed by atoms with Crippen LogP contribution in [0.1, 0.15) is 35.1 Å². The Balaban J connectivity index is 2.44. The monoisotopic (exact) mass is 298 g/mol. The normalized spacial score (nSPS) is 12.0. The Bertz CT molecular complexity index is 661. The molecule has 0 aromatic heterocycles. The minimum absolute atomic E-state index is 0.464. The van der Waals surface area contributed by atoms with E-state index in [9.17, 15) is 9.90 Å². The van der Waals surface area contributed by atoms with E-state index < -0.39 is 11.9 Å². The average molecular weight is 298 g/mol. The fourth-order valence-electron chi connectivity index (χ4n) is 2.67. The molecule has 0 saturated heterocycles. The van der Waals surface area contributed by atoms with Crippen LogP contribution in [0.15, 0.2) is 42.5 Å². The van der Waals surface area contributed by atoms with Gasteiger partial charge in [-0.05, 0) is 42.5 Å². The molecular weight excluding hydrogens is 276 g/mol. The highest BCUT2D eigenvalue weighted by Crippen LogP contribution is 2.31. The minimum atomic E-state index is -0.824. The zero-order valence-electron chi connectivity index (χ0n) is 13.3. The first-order valence-electron chi connectivity index (χ1n) is 7.51. The second-order valence-corrected chi connectivity index (χ2v) is 5.45. The third kappa shape index (κ3) is 3.48. The summed E-state index contributed by atoms with van der Waals surface area (Å²) in [7, 11) is 1.58. The number of carboxylic acid groups (broad SMARTS) is 1. The van der Waals surface area contributed by atoms with Gasteiger partial charge in [0.2, 0.25) is 0 Å². The van der Waals surface area contributed by atoms with Gasteiger partial charge in [0, 0.05) is 5.56 Å². The van der Waals surface area contributed by atoms with Gasteiger partial charge < -0.3 is 9.84 Å². The van der Waals surface area contributed by atoms with Crippen LogP contribution < -0.4 is 4.74 Å². The van der Waals surface area contributed by atoms with Crippen molar-refractivity contribution in [1.29, 1.82) is 0 Å². The summed E-state index contributed by atoms with van der Waals surface area (Å²) in [6, 6.07) is 13.7. The summed E-state index contributed by atoms with van der Waals surface area (Å²) in [5, 5.41) is 9.71. The molecule has 2 aromatic carbocycles. The summed E-state index contributed by atoms with van der Waals surface area (Å²) >= 11 is 0. The van der Waals surface area contributed by atoms with Crippen LogP contribution in [0, 0.1) is 6.92 Å². The Morgan fingerprint density at radius 2 is 1.95 bits per heavy atom. The van der Waals surface area contributed by atoms with Crippen LogP contribution in [0.3, 0.4) is 0 Å². The van der Waals surface area contributed by atoms with E-state index in [1.165, 1.54) is 0 Å². The maximum atomic E-state index is 11.8. The van der Waals surface area contributed by atoms with Crippen LogP contribution in [-0.2, 0) is 17.6 Å². The molecule has 3 nitrogen and oxygen atoms in total. The molecule has 1 atom stereocenters. The second-order valence-electron chi connectivity index (χ2n) is 5.45. The maximum Gasteiger partial charge on any atom is 0.311 e. The SMILES string of the molecule is CCc1ccc(OC)c(C(Cc2ccccc2C)C(=O)O)c1. The van der Waals surface area contributed by atoms with Crippen molar-refractivity contribution in [3.8, 4) is 5.75 Å². The molecule has 2 aromatic rings. The number of aliphatic carboxylic acids is 1. The smallest absolute Gasteiger partial charge is 0.311 e. The number of carboxylic acids is 1. The largest absolute Gasteiger partial charge is 0.496 e. The summed E-state index contributed by atoms with van der Waals surface area (Å²) in [5.41, 5.74) is 4.03. The lowest BCUT2D eigenvalue weighted by Gasteiger charge is -2.18. The van der Waals surface area contributed by atoms with Crippen molar-refractivity contribution >= 4 is 5.97 Å². The van der Waals surface area contributed by atoms with Gasteiger partial charge in [0.15, 0.2) is 0 Å². The van der Waals surface area contributed by atoms with Crippen molar-refractivity contribution in [2.24, 2.45) is 0 Å². The fourth-order valence-corrected chi connectivity index (χ4v) is 2.67. The first-order chi connectivity index (χ1) is 10.6. The van der Waals surface area contributed by atoms with Gasteiger partial charge in [0.05, 0.1) is 13.0 Å². The van der Waals surface area contributed by atoms with Gasteiger partial charge in [-0.3, -0.25) is 4.79 Å². The molecule has 0 radical (unpaired) electrons. The van der Waals surface area contributed by atoms with Crippen LogP contribution in [0.25, 0.3) is 0 Å². The number of hydrogen-bond donors (Lipinski definition) is 1. The van der Waals surface area contributed by atoms with Crippen LogP contribution in [0.2, 0.25) is 0 Å². The Morgan fingerprint density at radius 1 is 1.23 bits per heavy atom.